The van der Waals surface area contributed by atoms with Crippen LogP contribution in [0.2, 0.25) is 0 Å². The van der Waals surface area contributed by atoms with E-state index in [-0.39, 0.29) is 10.9 Å². The molecule has 1 aliphatic heterocycles. The molecule has 1 aromatic carbocycles. The van der Waals surface area contributed by atoms with Crippen molar-refractivity contribution in [2.24, 2.45) is 0 Å². The van der Waals surface area contributed by atoms with Crippen LogP contribution >= 0.6 is 11.3 Å². The SMILES string of the molecule is CC.CCCN(CC)CCn1c(C#N)cc2c(C)c(CN3CCC(Nc4nc(NC)nc5sc(C(C)C(F)(F)F)cc45)CC3)ccc21. The Labute approximate surface area is 281 Å². The van der Waals surface area contributed by atoms with Crippen LogP contribution in [0.4, 0.5) is 24.9 Å². The molecular weight excluding hydrogens is 622 g/mol. The van der Waals surface area contributed by atoms with Gasteiger partial charge in [0.1, 0.15) is 22.4 Å². The van der Waals surface area contributed by atoms with Crippen LogP contribution in [0.1, 0.15) is 81.5 Å². The van der Waals surface area contributed by atoms with E-state index < -0.39 is 12.1 Å². The summed E-state index contributed by atoms with van der Waals surface area (Å²) >= 11 is 1.07. The van der Waals surface area contributed by atoms with Gasteiger partial charge in [-0.1, -0.05) is 33.8 Å². The second kappa shape index (κ2) is 16.1. The van der Waals surface area contributed by atoms with E-state index in [0.29, 0.717) is 27.7 Å². The fraction of sp³-hybridized carbons (Fsp3) is 0.571. The molecule has 0 saturated carbocycles. The van der Waals surface area contributed by atoms with Crippen molar-refractivity contribution in [3.63, 3.8) is 0 Å². The average Bonchev–Trinajstić information content (AvgIpc) is 3.67. The molecule has 1 atom stereocenters. The van der Waals surface area contributed by atoms with Crippen LogP contribution in [-0.2, 0) is 13.1 Å². The number of alkyl halides is 3. The summed E-state index contributed by atoms with van der Waals surface area (Å²) in [7, 11) is 1.71. The first-order valence-electron chi connectivity index (χ1n) is 16.8. The number of likely N-dealkylation sites (N-methyl/N-ethyl adjacent to an activating group) is 1. The Hall–Kier alpha value is -3.40. The van der Waals surface area contributed by atoms with E-state index in [1.54, 1.807) is 13.1 Å². The molecule has 0 spiro atoms. The standard InChI is InChI=1S/C33H43F3N8S.C2H6/c1-6-12-42(7-2)15-16-44-25(19-37)17-26-21(3)23(8-9-28(26)44)20-43-13-10-24(11-14-43)39-30-27-18-29(22(4)33(34,35)36)45-31(27)41-32(38-5)40-30;1-2/h8-9,17-18,22,24H,6-7,10-16,20H2,1-5H3,(H2,38,39,40,41);1-2H3. The number of hydrogen-bond acceptors (Lipinski definition) is 8. The van der Waals surface area contributed by atoms with Gasteiger partial charge in [-0.2, -0.15) is 23.4 Å². The number of anilines is 2. The molecule has 1 fully saturated rings. The largest absolute Gasteiger partial charge is 0.396 e. The van der Waals surface area contributed by atoms with Gasteiger partial charge in [-0.25, -0.2) is 4.98 Å². The fourth-order valence-electron chi connectivity index (χ4n) is 6.22. The van der Waals surface area contributed by atoms with Gasteiger partial charge in [-0.05, 0) is 75.5 Å². The van der Waals surface area contributed by atoms with Crippen molar-refractivity contribution >= 4 is 44.2 Å². The number of nitriles is 1. The van der Waals surface area contributed by atoms with Crippen molar-refractivity contribution in [2.45, 2.75) is 92.0 Å². The normalized spacial score (nSPS) is 15.1. The zero-order chi connectivity index (χ0) is 34.3. The minimum atomic E-state index is -4.31. The highest BCUT2D eigenvalue weighted by Crippen LogP contribution is 2.41. The molecule has 4 heterocycles. The molecule has 0 amide bonds. The number of aromatic nitrogens is 3. The van der Waals surface area contributed by atoms with Crippen molar-refractivity contribution in [1.29, 1.82) is 5.26 Å². The van der Waals surface area contributed by atoms with Crippen molar-refractivity contribution in [3.8, 4) is 6.07 Å². The predicted molar refractivity (Wildman–Crippen MR) is 188 cm³/mol. The third kappa shape index (κ3) is 8.37. The lowest BCUT2D eigenvalue weighted by molar-refractivity contribution is -0.145. The zero-order valence-corrected chi connectivity index (χ0v) is 29.6. The Morgan fingerprint density at radius 3 is 2.45 bits per heavy atom. The minimum absolute atomic E-state index is 0.152. The molecular formula is C35H49F3N8S. The van der Waals surface area contributed by atoms with Crippen molar-refractivity contribution in [2.75, 3.05) is 50.4 Å². The lowest BCUT2D eigenvalue weighted by Gasteiger charge is -2.33. The van der Waals surface area contributed by atoms with Crippen LogP contribution in [0.25, 0.3) is 21.1 Å². The highest BCUT2D eigenvalue weighted by molar-refractivity contribution is 7.18. The number of aryl methyl sites for hydroxylation is 1. The summed E-state index contributed by atoms with van der Waals surface area (Å²) < 4.78 is 42.4. The van der Waals surface area contributed by atoms with Crippen molar-refractivity contribution in [3.05, 3.63) is 46.0 Å². The molecule has 1 saturated heterocycles. The van der Waals surface area contributed by atoms with Crippen LogP contribution in [0.15, 0.2) is 24.3 Å². The van der Waals surface area contributed by atoms with E-state index in [2.05, 4.69) is 73.9 Å². The van der Waals surface area contributed by atoms with Gasteiger partial charge in [-0.15, -0.1) is 11.3 Å². The topological polar surface area (TPSA) is 85.0 Å². The number of thiophene rings is 1. The fourth-order valence-corrected chi connectivity index (χ4v) is 7.33. The molecule has 1 unspecified atom stereocenters. The summed E-state index contributed by atoms with van der Waals surface area (Å²) in [5.41, 5.74) is 4.29. The predicted octanol–water partition coefficient (Wildman–Crippen LogP) is 8.37. The van der Waals surface area contributed by atoms with Crippen LogP contribution in [-0.4, -0.2) is 76.3 Å². The number of nitrogens with one attached hydrogen (secondary N) is 2. The van der Waals surface area contributed by atoms with Crippen molar-refractivity contribution in [1.82, 2.24) is 24.3 Å². The van der Waals surface area contributed by atoms with Gasteiger partial charge in [0, 0.05) is 61.6 Å². The molecule has 3 aromatic heterocycles. The van der Waals surface area contributed by atoms with Crippen LogP contribution in [0.5, 0.6) is 0 Å². The second-order valence-electron chi connectivity index (χ2n) is 12.0. The van der Waals surface area contributed by atoms with Crippen LogP contribution < -0.4 is 10.6 Å². The molecule has 12 heteroatoms. The second-order valence-corrected chi connectivity index (χ2v) is 13.0. The van der Waals surface area contributed by atoms with E-state index >= 15 is 0 Å². The van der Waals surface area contributed by atoms with Gasteiger partial charge in [0.15, 0.2) is 0 Å². The lowest BCUT2D eigenvalue weighted by atomic mass is 10.0. The molecule has 0 bridgehead atoms. The minimum Gasteiger partial charge on any atom is -0.367 e. The van der Waals surface area contributed by atoms with E-state index in [4.69, 9.17) is 0 Å². The first-order valence-corrected chi connectivity index (χ1v) is 17.7. The maximum absolute atomic E-state index is 13.4. The number of fused-ring (bicyclic) bond motifs is 2. The molecule has 4 aromatic rings. The molecule has 256 valence electrons. The van der Waals surface area contributed by atoms with Gasteiger partial charge in [-0.3, -0.25) is 4.90 Å². The monoisotopic (exact) mass is 670 g/mol. The van der Waals surface area contributed by atoms with E-state index in [0.717, 1.165) is 87.3 Å². The summed E-state index contributed by atoms with van der Waals surface area (Å²) in [5.74, 6) is -0.593. The molecule has 0 radical (unpaired) electrons. The van der Waals surface area contributed by atoms with Crippen LogP contribution in [0, 0.1) is 18.3 Å². The first-order chi connectivity index (χ1) is 22.6. The van der Waals surface area contributed by atoms with Crippen molar-refractivity contribution < 1.29 is 13.2 Å². The molecule has 1 aliphatic rings. The highest BCUT2D eigenvalue weighted by Gasteiger charge is 2.38. The Morgan fingerprint density at radius 1 is 1.11 bits per heavy atom. The summed E-state index contributed by atoms with van der Waals surface area (Å²) in [6.07, 6.45) is -1.42. The molecule has 2 N–H and O–H groups in total. The highest BCUT2D eigenvalue weighted by atomic mass is 32.1. The third-order valence-electron chi connectivity index (χ3n) is 9.08. The Kier molecular flexibility index (Phi) is 12.5. The molecule has 0 aliphatic carbocycles. The van der Waals surface area contributed by atoms with E-state index in [1.807, 2.05) is 19.9 Å². The summed E-state index contributed by atoms with van der Waals surface area (Å²) in [5, 5.41) is 18.1. The summed E-state index contributed by atoms with van der Waals surface area (Å²) in [4.78, 5) is 14.7. The number of likely N-dealkylation sites (tertiary alicyclic amines) is 1. The van der Waals surface area contributed by atoms with Crippen LogP contribution in [0.3, 0.4) is 0 Å². The number of nitrogens with zero attached hydrogens (tertiary/aromatic N) is 6. The lowest BCUT2D eigenvalue weighted by Crippen LogP contribution is -2.39. The maximum atomic E-state index is 13.4. The number of halogens is 3. The third-order valence-corrected chi connectivity index (χ3v) is 10.3. The Morgan fingerprint density at radius 2 is 1.83 bits per heavy atom. The van der Waals surface area contributed by atoms with Gasteiger partial charge >= 0.3 is 6.18 Å². The quantitative estimate of drug-likeness (QED) is 0.157. The number of rotatable bonds is 12. The summed E-state index contributed by atoms with van der Waals surface area (Å²) in [6.45, 7) is 18.1. The van der Waals surface area contributed by atoms with Gasteiger partial charge in [0.05, 0.1) is 11.3 Å². The Balaban J connectivity index is 0.00000245. The van der Waals surface area contributed by atoms with Gasteiger partial charge in [0.2, 0.25) is 5.95 Å². The number of piperidine rings is 1. The van der Waals surface area contributed by atoms with Gasteiger partial charge in [0.25, 0.3) is 0 Å². The average molecular weight is 671 g/mol. The van der Waals surface area contributed by atoms with E-state index in [9.17, 15) is 18.4 Å². The number of hydrogen-bond donors (Lipinski definition) is 2. The smallest absolute Gasteiger partial charge is 0.367 e. The summed E-state index contributed by atoms with van der Waals surface area (Å²) in [6, 6.07) is 10.6. The molecule has 47 heavy (non-hydrogen) atoms. The molecule has 5 rings (SSSR count). The first kappa shape index (κ1) is 36.4. The van der Waals surface area contributed by atoms with E-state index in [1.165, 1.54) is 18.1 Å². The zero-order valence-electron chi connectivity index (χ0n) is 28.8. The van der Waals surface area contributed by atoms with Gasteiger partial charge < -0.3 is 20.1 Å². The molecule has 8 nitrogen and oxygen atoms in total. The number of benzene rings is 1. The maximum Gasteiger partial charge on any atom is 0.396 e. The Bertz CT molecular complexity index is 1660.